The second kappa shape index (κ2) is 6.28. The predicted molar refractivity (Wildman–Crippen MR) is 43.4 cm³/mol. The summed E-state index contributed by atoms with van der Waals surface area (Å²) in [6, 6.07) is 0. The fourth-order valence-electron chi connectivity index (χ4n) is 0.357. The molecule has 0 rings (SSSR count). The van der Waals surface area contributed by atoms with Crippen LogP contribution in [0.15, 0.2) is 0 Å². The molecule has 1 N–H and O–H groups in total. The van der Waals surface area contributed by atoms with Gasteiger partial charge < -0.3 is 4.84 Å². The van der Waals surface area contributed by atoms with Gasteiger partial charge >= 0.3 is 3.98 Å². The molecule has 4 heteroatoms. The van der Waals surface area contributed by atoms with Crippen molar-refractivity contribution in [2.75, 3.05) is 6.54 Å². The van der Waals surface area contributed by atoms with Crippen LogP contribution in [0.3, 0.4) is 0 Å². The van der Waals surface area contributed by atoms with E-state index in [1.54, 1.807) is 22.6 Å². The number of unbranched alkanes of at least 4 members (excludes halogenated alkanes) is 1. The maximum atomic E-state index is 10.1. The Bertz CT molecular complexity index is 87.0. The SMILES string of the molecule is CCCCNOC(=O)I. The highest BCUT2D eigenvalue weighted by molar-refractivity contribution is 14.1. The lowest BCUT2D eigenvalue weighted by atomic mass is 10.3. The molecule has 0 aromatic heterocycles. The summed E-state index contributed by atoms with van der Waals surface area (Å²) in [6.45, 7) is 2.82. The monoisotopic (exact) mass is 243 g/mol. The molecule has 0 bridgehead atoms. The lowest BCUT2D eigenvalue weighted by molar-refractivity contribution is 0.118. The van der Waals surface area contributed by atoms with Crippen molar-refractivity contribution in [3.63, 3.8) is 0 Å². The number of nitrogens with one attached hydrogen (secondary N) is 1. The topological polar surface area (TPSA) is 38.3 Å². The summed E-state index contributed by atoms with van der Waals surface area (Å²) in [6.07, 6.45) is 2.13. The fourth-order valence-corrected chi connectivity index (χ4v) is 0.512. The van der Waals surface area contributed by atoms with Crippen molar-refractivity contribution in [2.24, 2.45) is 0 Å². The molecule has 0 saturated carbocycles. The van der Waals surface area contributed by atoms with E-state index in [4.69, 9.17) is 0 Å². The molecule has 0 heterocycles. The zero-order valence-electron chi connectivity index (χ0n) is 5.32. The number of carbonyl (C=O) groups excluding carboxylic acids is 1. The van der Waals surface area contributed by atoms with Crippen LogP contribution in [0.1, 0.15) is 19.8 Å². The third kappa shape index (κ3) is 8.16. The highest BCUT2D eigenvalue weighted by Gasteiger charge is 1.90. The molecular weight excluding hydrogens is 233 g/mol. The van der Waals surface area contributed by atoms with Crippen molar-refractivity contribution in [1.29, 1.82) is 0 Å². The zero-order chi connectivity index (χ0) is 7.11. The number of halogens is 1. The van der Waals surface area contributed by atoms with E-state index in [1.165, 1.54) is 0 Å². The highest BCUT2D eigenvalue weighted by atomic mass is 127. The van der Waals surface area contributed by atoms with Crippen LogP contribution in [0.2, 0.25) is 0 Å². The van der Waals surface area contributed by atoms with Gasteiger partial charge in [-0.15, -0.1) is 0 Å². The molecule has 0 atom stereocenters. The molecule has 0 saturated heterocycles. The molecule has 0 aliphatic rings. The van der Waals surface area contributed by atoms with E-state index in [0.29, 0.717) is 0 Å². The largest absolute Gasteiger partial charge is 0.385 e. The molecule has 3 nitrogen and oxygen atoms in total. The van der Waals surface area contributed by atoms with Gasteiger partial charge in [-0.1, -0.05) is 13.3 Å². The van der Waals surface area contributed by atoms with Crippen LogP contribution in [-0.4, -0.2) is 10.5 Å². The first-order valence-electron chi connectivity index (χ1n) is 2.86. The van der Waals surface area contributed by atoms with Gasteiger partial charge in [-0.2, -0.15) is 5.48 Å². The molecule has 54 valence electrons. The van der Waals surface area contributed by atoms with Crippen LogP contribution < -0.4 is 5.48 Å². The molecule has 0 amide bonds. The van der Waals surface area contributed by atoms with Gasteiger partial charge in [0.05, 0.1) is 22.6 Å². The fraction of sp³-hybridized carbons (Fsp3) is 0.800. The second-order valence-corrected chi connectivity index (χ2v) is 2.47. The van der Waals surface area contributed by atoms with E-state index in [-0.39, 0.29) is 3.98 Å². The Morgan fingerprint density at radius 2 is 2.44 bits per heavy atom. The average Bonchev–Trinajstić information content (AvgIpc) is 1.80. The molecular formula is C5H10INO2. The van der Waals surface area contributed by atoms with E-state index in [0.717, 1.165) is 19.4 Å². The van der Waals surface area contributed by atoms with Crippen molar-refractivity contribution < 1.29 is 9.63 Å². The Hall–Kier alpha value is 0.160. The van der Waals surface area contributed by atoms with E-state index in [9.17, 15) is 4.79 Å². The summed E-state index contributed by atoms with van der Waals surface area (Å²) in [4.78, 5) is 14.6. The van der Waals surface area contributed by atoms with Gasteiger partial charge in [-0.3, -0.25) is 0 Å². The quantitative estimate of drug-likeness (QED) is 0.354. The first-order valence-corrected chi connectivity index (χ1v) is 3.94. The van der Waals surface area contributed by atoms with Gasteiger partial charge in [-0.05, 0) is 6.42 Å². The summed E-state index contributed by atoms with van der Waals surface area (Å²) in [5, 5.41) is 0. The molecule has 0 aliphatic carbocycles. The smallest absolute Gasteiger partial charge is 0.363 e. The number of hydroxylamine groups is 1. The van der Waals surface area contributed by atoms with Crippen molar-refractivity contribution >= 4 is 26.6 Å². The first-order chi connectivity index (χ1) is 4.27. The highest BCUT2D eigenvalue weighted by Crippen LogP contribution is 1.88. The van der Waals surface area contributed by atoms with Crippen LogP contribution in [-0.2, 0) is 4.84 Å². The third-order valence-corrected chi connectivity index (χ3v) is 1.01. The maximum Gasteiger partial charge on any atom is 0.385 e. The number of carbonyl (C=O) groups is 1. The second-order valence-electron chi connectivity index (χ2n) is 1.59. The zero-order valence-corrected chi connectivity index (χ0v) is 7.47. The van der Waals surface area contributed by atoms with E-state index < -0.39 is 0 Å². The van der Waals surface area contributed by atoms with Gasteiger partial charge in [0.15, 0.2) is 0 Å². The van der Waals surface area contributed by atoms with Gasteiger partial charge in [0.1, 0.15) is 0 Å². The Labute approximate surface area is 68.2 Å². The molecule has 0 aromatic rings. The van der Waals surface area contributed by atoms with E-state index in [1.807, 2.05) is 0 Å². The van der Waals surface area contributed by atoms with Crippen molar-refractivity contribution in [2.45, 2.75) is 19.8 Å². The third-order valence-electron chi connectivity index (χ3n) is 0.785. The van der Waals surface area contributed by atoms with Crippen LogP contribution >= 0.6 is 22.6 Å². The maximum absolute atomic E-state index is 10.1. The van der Waals surface area contributed by atoms with Crippen LogP contribution in [0, 0.1) is 0 Å². The molecule has 9 heavy (non-hydrogen) atoms. The van der Waals surface area contributed by atoms with Gasteiger partial charge in [0, 0.05) is 6.54 Å². The average molecular weight is 243 g/mol. The van der Waals surface area contributed by atoms with Gasteiger partial charge in [-0.25, -0.2) is 4.79 Å². The van der Waals surface area contributed by atoms with E-state index in [2.05, 4.69) is 17.2 Å². The number of hydrogen-bond donors (Lipinski definition) is 1. The molecule has 0 aliphatic heterocycles. The lowest BCUT2D eigenvalue weighted by Crippen LogP contribution is -2.16. The first kappa shape index (κ1) is 9.16. The molecule has 0 radical (unpaired) electrons. The number of hydrogen-bond acceptors (Lipinski definition) is 3. The normalized spacial score (nSPS) is 9.11. The summed E-state index contributed by atoms with van der Waals surface area (Å²) in [5.74, 6) is 0. The lowest BCUT2D eigenvalue weighted by Gasteiger charge is -1.98. The van der Waals surface area contributed by atoms with Crippen molar-refractivity contribution in [3.8, 4) is 0 Å². The minimum Gasteiger partial charge on any atom is -0.363 e. The summed E-state index contributed by atoms with van der Waals surface area (Å²) in [7, 11) is 0. The van der Waals surface area contributed by atoms with Crippen LogP contribution in [0.5, 0.6) is 0 Å². The standard InChI is InChI=1S/C5H10INO2/c1-2-3-4-7-9-5(6)8/h7H,2-4H2,1H3. The summed E-state index contributed by atoms with van der Waals surface area (Å²) >= 11 is 1.57. The summed E-state index contributed by atoms with van der Waals surface area (Å²) in [5.41, 5.74) is 2.53. The summed E-state index contributed by atoms with van der Waals surface area (Å²) < 4.78 is -0.316. The molecule has 0 fully saturated rings. The van der Waals surface area contributed by atoms with Gasteiger partial charge in [0.2, 0.25) is 0 Å². The van der Waals surface area contributed by atoms with Gasteiger partial charge in [0.25, 0.3) is 0 Å². The van der Waals surface area contributed by atoms with E-state index >= 15 is 0 Å². The van der Waals surface area contributed by atoms with Crippen LogP contribution in [0.25, 0.3) is 0 Å². The molecule has 0 aromatic carbocycles. The van der Waals surface area contributed by atoms with Crippen LogP contribution in [0.4, 0.5) is 4.79 Å². The Morgan fingerprint density at radius 3 is 2.89 bits per heavy atom. The predicted octanol–water partition coefficient (Wildman–Crippen LogP) is 1.86. The minimum absolute atomic E-state index is 0.316. The molecule has 0 spiro atoms. The Balaban J connectivity index is 2.83. The Kier molecular flexibility index (Phi) is 6.39. The number of rotatable bonds is 4. The minimum atomic E-state index is -0.316. The van der Waals surface area contributed by atoms with Crippen molar-refractivity contribution in [1.82, 2.24) is 5.48 Å². The van der Waals surface area contributed by atoms with Crippen molar-refractivity contribution in [3.05, 3.63) is 0 Å². The molecule has 0 unspecified atom stereocenters. The Morgan fingerprint density at radius 1 is 1.78 bits per heavy atom.